The summed E-state index contributed by atoms with van der Waals surface area (Å²) < 4.78 is 76.3. The Kier molecular flexibility index (Phi) is 8.22. The third-order valence-corrected chi connectivity index (χ3v) is 6.58. The number of anilines is 1. The fourth-order valence-corrected chi connectivity index (χ4v) is 4.65. The number of halogens is 5. The van der Waals surface area contributed by atoms with Crippen molar-refractivity contribution >= 4 is 29.4 Å². The van der Waals surface area contributed by atoms with Crippen LogP contribution in [0.5, 0.6) is 0 Å². The van der Waals surface area contributed by atoms with E-state index < -0.39 is 74.3 Å². The molecular formula is C25H17F5N4O4S. The third kappa shape index (κ3) is 5.24. The highest BCUT2D eigenvalue weighted by Gasteiger charge is 2.59. The number of esters is 2. The maximum atomic E-state index is 13.9. The van der Waals surface area contributed by atoms with Gasteiger partial charge < -0.3 is 15.2 Å². The second kappa shape index (κ2) is 11.0. The summed E-state index contributed by atoms with van der Waals surface area (Å²) in [6.45, 7) is 0. The largest absolute Gasteiger partial charge is 0.466 e. The molecule has 2 aromatic carbocycles. The van der Waals surface area contributed by atoms with Crippen LogP contribution in [0.2, 0.25) is 0 Å². The molecule has 0 fully saturated rings. The molecule has 0 aliphatic carbocycles. The summed E-state index contributed by atoms with van der Waals surface area (Å²) in [4.78, 5) is 26.1. The Morgan fingerprint density at radius 3 is 2.08 bits per heavy atom. The van der Waals surface area contributed by atoms with Crippen LogP contribution in [0.25, 0.3) is 0 Å². The van der Waals surface area contributed by atoms with E-state index in [1.807, 2.05) is 6.07 Å². The maximum absolute atomic E-state index is 13.9. The number of rotatable bonds is 6. The number of nitrogens with zero attached hydrogens (tertiary/aromatic N) is 3. The standard InChI is InChI=1S/C25H17F5N4O4S/c1-37-22(35)19-18(13-7-4-3-5-8-13)15(12-32)21(33)34(20(19)23(36)38-2)16-9-6-10-17(14(16)11-31)39-25(29,30)24(26,27)28/h3-10,18H,33H2,1-2H3. The van der Waals surface area contributed by atoms with E-state index in [2.05, 4.69) is 0 Å². The molecule has 1 aliphatic rings. The van der Waals surface area contributed by atoms with Crippen LogP contribution in [0.15, 0.2) is 76.1 Å². The Bertz CT molecular complexity index is 1460. The lowest BCUT2D eigenvalue weighted by Crippen LogP contribution is -2.41. The van der Waals surface area contributed by atoms with Crippen molar-refractivity contribution in [2.75, 3.05) is 19.1 Å². The van der Waals surface area contributed by atoms with Crippen molar-refractivity contribution in [3.63, 3.8) is 0 Å². The number of nitriles is 2. The minimum absolute atomic E-state index is 0.295. The number of hydrogen-bond acceptors (Lipinski definition) is 9. The number of carbonyl (C=O) groups is 2. The van der Waals surface area contributed by atoms with Gasteiger partial charge in [0.05, 0.1) is 48.6 Å². The Morgan fingerprint density at radius 1 is 0.949 bits per heavy atom. The van der Waals surface area contributed by atoms with Gasteiger partial charge in [0.25, 0.3) is 0 Å². The molecule has 0 saturated carbocycles. The number of thioether (sulfide) groups is 1. The first-order valence-corrected chi connectivity index (χ1v) is 11.5. The van der Waals surface area contributed by atoms with Gasteiger partial charge in [0.2, 0.25) is 0 Å². The van der Waals surface area contributed by atoms with Gasteiger partial charge in [-0.2, -0.15) is 32.5 Å². The summed E-state index contributed by atoms with van der Waals surface area (Å²) in [5.41, 5.74) is 4.07. The van der Waals surface area contributed by atoms with E-state index in [-0.39, 0.29) is 5.57 Å². The topological polar surface area (TPSA) is 129 Å². The predicted molar refractivity (Wildman–Crippen MR) is 128 cm³/mol. The molecule has 0 aromatic heterocycles. The lowest BCUT2D eigenvalue weighted by atomic mass is 9.80. The molecule has 0 spiro atoms. The average Bonchev–Trinajstić information content (AvgIpc) is 2.90. The molecule has 3 rings (SSSR count). The Morgan fingerprint density at radius 2 is 1.56 bits per heavy atom. The van der Waals surface area contributed by atoms with Gasteiger partial charge in [-0.05, 0) is 29.5 Å². The zero-order valence-electron chi connectivity index (χ0n) is 20.0. The van der Waals surface area contributed by atoms with Gasteiger partial charge in [0.1, 0.15) is 17.6 Å². The first-order valence-electron chi connectivity index (χ1n) is 10.7. The molecule has 14 heteroatoms. The van der Waals surface area contributed by atoms with E-state index >= 15 is 0 Å². The number of ether oxygens (including phenoxy) is 2. The minimum atomic E-state index is -5.95. The summed E-state index contributed by atoms with van der Waals surface area (Å²) in [6.07, 6.45) is -5.95. The van der Waals surface area contributed by atoms with Crippen molar-refractivity contribution < 1.29 is 41.0 Å². The zero-order chi connectivity index (χ0) is 29.1. The van der Waals surface area contributed by atoms with Gasteiger partial charge in [-0.1, -0.05) is 36.4 Å². The molecule has 202 valence electrons. The van der Waals surface area contributed by atoms with Crippen molar-refractivity contribution in [3.05, 3.63) is 82.3 Å². The molecule has 8 nitrogen and oxygen atoms in total. The molecule has 1 heterocycles. The number of hydrogen-bond donors (Lipinski definition) is 1. The van der Waals surface area contributed by atoms with Gasteiger partial charge in [-0.3, -0.25) is 4.90 Å². The van der Waals surface area contributed by atoms with Crippen LogP contribution < -0.4 is 10.6 Å². The van der Waals surface area contributed by atoms with Gasteiger partial charge in [-0.15, -0.1) is 0 Å². The number of carbonyl (C=O) groups excluding carboxylic acids is 2. The molecule has 0 saturated heterocycles. The van der Waals surface area contributed by atoms with E-state index in [4.69, 9.17) is 15.2 Å². The van der Waals surface area contributed by atoms with Gasteiger partial charge in [0.15, 0.2) is 0 Å². The summed E-state index contributed by atoms with van der Waals surface area (Å²) in [5.74, 6) is -4.05. The summed E-state index contributed by atoms with van der Waals surface area (Å²) >= 11 is -0.939. The second-order valence-corrected chi connectivity index (χ2v) is 8.87. The molecule has 39 heavy (non-hydrogen) atoms. The van der Waals surface area contributed by atoms with Gasteiger partial charge in [0, 0.05) is 4.90 Å². The fraction of sp³-hybridized carbons (Fsp3) is 0.200. The molecule has 0 bridgehead atoms. The zero-order valence-corrected chi connectivity index (χ0v) is 20.9. The molecule has 1 atom stereocenters. The second-order valence-electron chi connectivity index (χ2n) is 7.71. The van der Waals surface area contributed by atoms with E-state index in [1.165, 1.54) is 0 Å². The normalized spacial score (nSPS) is 15.9. The number of alkyl halides is 5. The van der Waals surface area contributed by atoms with E-state index in [0.717, 1.165) is 37.3 Å². The monoisotopic (exact) mass is 564 g/mol. The molecule has 0 amide bonds. The Hall–Kier alpha value is -4.56. The Balaban J connectivity index is 2.42. The van der Waals surface area contributed by atoms with E-state index in [9.17, 15) is 42.1 Å². The van der Waals surface area contributed by atoms with Gasteiger partial charge >= 0.3 is 23.4 Å². The minimum Gasteiger partial charge on any atom is -0.466 e. The summed E-state index contributed by atoms with van der Waals surface area (Å²) in [6, 6.07) is 14.3. The first-order chi connectivity index (χ1) is 18.3. The molecule has 0 radical (unpaired) electrons. The van der Waals surface area contributed by atoms with E-state index in [1.54, 1.807) is 36.4 Å². The SMILES string of the molecule is COC(=O)C1=C(C(=O)OC)N(c2cccc(SC(F)(F)C(F)(F)F)c2C#N)C(N)=C(C#N)C1c1ccccc1. The lowest BCUT2D eigenvalue weighted by molar-refractivity contribution is -0.237. The predicted octanol–water partition coefficient (Wildman–Crippen LogP) is 4.70. The number of allylic oxidation sites excluding steroid dienone is 1. The number of nitrogens with two attached hydrogens (primary N) is 1. The van der Waals surface area contributed by atoms with Crippen molar-refractivity contribution in [1.29, 1.82) is 10.5 Å². The highest BCUT2D eigenvalue weighted by molar-refractivity contribution is 8.00. The van der Waals surface area contributed by atoms with Crippen LogP contribution in [0, 0.1) is 22.7 Å². The summed E-state index contributed by atoms with van der Waals surface area (Å²) in [5, 5.41) is 14.6. The first kappa shape index (κ1) is 29.0. The van der Waals surface area contributed by atoms with Crippen molar-refractivity contribution in [1.82, 2.24) is 0 Å². The molecule has 1 aliphatic heterocycles. The van der Waals surface area contributed by atoms with Crippen molar-refractivity contribution in [3.8, 4) is 12.1 Å². The number of methoxy groups -OCH3 is 2. The van der Waals surface area contributed by atoms with Crippen LogP contribution in [0.3, 0.4) is 0 Å². The average molecular weight is 564 g/mol. The third-order valence-electron chi connectivity index (χ3n) is 5.54. The van der Waals surface area contributed by atoms with E-state index in [0.29, 0.717) is 5.56 Å². The highest BCUT2D eigenvalue weighted by atomic mass is 32.2. The molecule has 1 unspecified atom stereocenters. The van der Waals surface area contributed by atoms with Crippen molar-refractivity contribution in [2.45, 2.75) is 22.2 Å². The fourth-order valence-electron chi connectivity index (χ4n) is 3.86. The Labute approximate surface area is 222 Å². The smallest absolute Gasteiger partial charge is 0.464 e. The van der Waals surface area contributed by atoms with Crippen LogP contribution in [0.4, 0.5) is 27.6 Å². The van der Waals surface area contributed by atoms with Crippen LogP contribution in [-0.4, -0.2) is 37.6 Å². The molecule has 2 N–H and O–H groups in total. The van der Waals surface area contributed by atoms with Crippen LogP contribution in [0.1, 0.15) is 17.0 Å². The van der Waals surface area contributed by atoms with Crippen molar-refractivity contribution in [2.24, 2.45) is 5.73 Å². The molecular weight excluding hydrogens is 547 g/mol. The molecule has 2 aromatic rings. The highest BCUT2D eigenvalue weighted by Crippen LogP contribution is 2.50. The maximum Gasteiger partial charge on any atom is 0.464 e. The summed E-state index contributed by atoms with van der Waals surface area (Å²) in [7, 11) is 1.96. The van der Waals surface area contributed by atoms with Gasteiger partial charge in [-0.25, -0.2) is 9.59 Å². The number of benzene rings is 2. The van der Waals surface area contributed by atoms with Crippen LogP contribution in [-0.2, 0) is 19.1 Å². The lowest BCUT2D eigenvalue weighted by Gasteiger charge is -2.36. The quantitative estimate of drug-likeness (QED) is 0.301. The van der Waals surface area contributed by atoms with Crippen LogP contribution >= 0.6 is 11.8 Å².